The first-order chi connectivity index (χ1) is 5.27. The molecule has 0 atom stereocenters. The van der Waals surface area contributed by atoms with E-state index in [0.717, 1.165) is 24.3 Å². The number of rotatable bonds is 1. The van der Waals surface area contributed by atoms with Crippen LogP contribution in [0.3, 0.4) is 0 Å². The molecule has 0 amide bonds. The number of hydrogen-bond acceptors (Lipinski definition) is 2. The van der Waals surface area contributed by atoms with Gasteiger partial charge in [-0.15, -0.1) is 6.42 Å². The van der Waals surface area contributed by atoms with E-state index in [1.54, 1.807) is 0 Å². The van der Waals surface area contributed by atoms with Crippen molar-refractivity contribution < 1.29 is 4.52 Å². The second kappa shape index (κ2) is 1.88. The zero-order valence-corrected chi connectivity index (χ0v) is 6.42. The average molecular weight is 147 g/mol. The van der Waals surface area contributed by atoms with Gasteiger partial charge in [0.05, 0.1) is 11.1 Å². The molecule has 0 unspecified atom stereocenters. The van der Waals surface area contributed by atoms with Crippen LogP contribution in [0.5, 0.6) is 0 Å². The highest BCUT2D eigenvalue weighted by Gasteiger charge is 2.46. The maximum absolute atomic E-state index is 5.37. The highest BCUT2D eigenvalue weighted by Crippen LogP contribution is 2.47. The van der Waals surface area contributed by atoms with Crippen LogP contribution < -0.4 is 0 Å². The molecule has 2 nitrogen and oxygen atoms in total. The molecule has 0 aromatic carbocycles. The Kier molecular flexibility index (Phi) is 1.11. The van der Waals surface area contributed by atoms with Crippen molar-refractivity contribution in [2.24, 2.45) is 0 Å². The highest BCUT2D eigenvalue weighted by molar-refractivity contribution is 5.34. The molecule has 0 saturated heterocycles. The topological polar surface area (TPSA) is 26.0 Å². The van der Waals surface area contributed by atoms with Crippen LogP contribution in [0.15, 0.2) is 10.6 Å². The van der Waals surface area contributed by atoms with Gasteiger partial charge in [-0.25, -0.2) is 0 Å². The smallest absolute Gasteiger partial charge is 0.155 e. The molecule has 0 aliphatic heterocycles. The molecule has 0 spiro atoms. The first kappa shape index (κ1) is 6.48. The van der Waals surface area contributed by atoms with Gasteiger partial charge in [-0.05, 0) is 19.8 Å². The van der Waals surface area contributed by atoms with E-state index < -0.39 is 0 Å². The quantitative estimate of drug-likeness (QED) is 0.564. The van der Waals surface area contributed by atoms with Gasteiger partial charge in [0.1, 0.15) is 0 Å². The van der Waals surface area contributed by atoms with Gasteiger partial charge >= 0.3 is 0 Å². The predicted octanol–water partition coefficient (Wildman–Crippen LogP) is 1.65. The largest absolute Gasteiger partial charge is 0.360 e. The summed E-state index contributed by atoms with van der Waals surface area (Å²) in [5.41, 5.74) is 0.808. The third-order valence-corrected chi connectivity index (χ3v) is 2.13. The van der Waals surface area contributed by atoms with Crippen LogP contribution in [-0.4, -0.2) is 5.16 Å². The fraction of sp³-hybridized carbons (Fsp3) is 0.444. The number of hydrogen-bond donors (Lipinski definition) is 0. The standard InChI is InChI=1S/C9H9NO/c1-3-9(4-5-9)8-6-7(2)10-11-8/h1,6H,4-5H2,2H3. The van der Waals surface area contributed by atoms with Crippen LogP contribution in [-0.2, 0) is 5.41 Å². The summed E-state index contributed by atoms with van der Waals surface area (Å²) in [6, 6.07) is 1.92. The van der Waals surface area contributed by atoms with Crippen molar-refractivity contribution in [3.8, 4) is 12.3 Å². The molecule has 11 heavy (non-hydrogen) atoms. The molecule has 1 aromatic rings. The van der Waals surface area contributed by atoms with Crippen LogP contribution in [0.1, 0.15) is 24.3 Å². The Labute approximate surface area is 65.6 Å². The van der Waals surface area contributed by atoms with Crippen molar-refractivity contribution in [2.45, 2.75) is 25.2 Å². The van der Waals surface area contributed by atoms with E-state index in [0.29, 0.717) is 0 Å². The minimum absolute atomic E-state index is 0.0960. The van der Waals surface area contributed by atoms with E-state index in [1.165, 1.54) is 0 Å². The minimum Gasteiger partial charge on any atom is -0.360 e. The molecule has 1 saturated carbocycles. The molecule has 1 aliphatic carbocycles. The van der Waals surface area contributed by atoms with Crippen LogP contribution in [0, 0.1) is 19.3 Å². The molecule has 0 N–H and O–H groups in total. The van der Waals surface area contributed by atoms with E-state index in [-0.39, 0.29) is 5.41 Å². The predicted molar refractivity (Wildman–Crippen MR) is 41.0 cm³/mol. The molecular weight excluding hydrogens is 138 g/mol. The summed E-state index contributed by atoms with van der Waals surface area (Å²) < 4.78 is 5.09. The van der Waals surface area contributed by atoms with E-state index in [2.05, 4.69) is 11.1 Å². The zero-order chi connectivity index (χ0) is 7.90. The van der Waals surface area contributed by atoms with Gasteiger partial charge in [0.25, 0.3) is 0 Å². The summed E-state index contributed by atoms with van der Waals surface area (Å²) >= 11 is 0. The number of terminal acetylenes is 1. The second-order valence-electron chi connectivity index (χ2n) is 3.06. The average Bonchev–Trinajstić information content (AvgIpc) is 2.70. The summed E-state index contributed by atoms with van der Waals surface area (Å²) in [4.78, 5) is 0. The highest BCUT2D eigenvalue weighted by atomic mass is 16.5. The lowest BCUT2D eigenvalue weighted by atomic mass is 10.1. The fourth-order valence-corrected chi connectivity index (χ4v) is 1.18. The van der Waals surface area contributed by atoms with Crippen LogP contribution in [0.4, 0.5) is 0 Å². The van der Waals surface area contributed by atoms with Crippen LogP contribution >= 0.6 is 0 Å². The Morgan fingerprint density at radius 2 is 2.45 bits per heavy atom. The van der Waals surface area contributed by atoms with E-state index in [9.17, 15) is 0 Å². The molecule has 0 bridgehead atoms. The molecule has 1 aliphatic rings. The first-order valence-electron chi connectivity index (χ1n) is 3.68. The second-order valence-corrected chi connectivity index (χ2v) is 3.06. The van der Waals surface area contributed by atoms with Crippen molar-refractivity contribution in [3.63, 3.8) is 0 Å². The van der Waals surface area contributed by atoms with E-state index in [1.807, 2.05) is 13.0 Å². The van der Waals surface area contributed by atoms with Crippen molar-refractivity contribution in [1.29, 1.82) is 0 Å². The number of aromatic nitrogens is 1. The summed E-state index contributed by atoms with van der Waals surface area (Å²) in [5, 5.41) is 3.80. The van der Waals surface area contributed by atoms with Gasteiger partial charge in [0, 0.05) is 6.07 Å². The van der Waals surface area contributed by atoms with Gasteiger partial charge in [-0.3, -0.25) is 0 Å². The summed E-state index contributed by atoms with van der Waals surface area (Å²) in [6.45, 7) is 1.90. The minimum atomic E-state index is -0.0960. The number of aryl methyl sites for hydroxylation is 1. The van der Waals surface area contributed by atoms with Crippen molar-refractivity contribution in [3.05, 3.63) is 17.5 Å². The van der Waals surface area contributed by atoms with Gasteiger partial charge in [-0.1, -0.05) is 11.1 Å². The summed E-state index contributed by atoms with van der Waals surface area (Å²) in [5.74, 6) is 3.61. The van der Waals surface area contributed by atoms with E-state index in [4.69, 9.17) is 10.9 Å². The maximum atomic E-state index is 5.37. The molecule has 2 rings (SSSR count). The van der Waals surface area contributed by atoms with Gasteiger partial charge in [0.2, 0.25) is 0 Å². The van der Waals surface area contributed by atoms with Crippen molar-refractivity contribution in [1.82, 2.24) is 5.16 Å². The van der Waals surface area contributed by atoms with Crippen LogP contribution in [0.2, 0.25) is 0 Å². The monoisotopic (exact) mass is 147 g/mol. The summed E-state index contributed by atoms with van der Waals surface area (Å²) in [7, 11) is 0. The Balaban J connectivity index is 2.38. The normalized spacial score (nSPS) is 19.3. The third-order valence-electron chi connectivity index (χ3n) is 2.13. The zero-order valence-electron chi connectivity index (χ0n) is 6.42. The lowest BCUT2D eigenvalue weighted by molar-refractivity contribution is 0.368. The molecule has 1 fully saturated rings. The molecule has 0 radical (unpaired) electrons. The molecule has 2 heteroatoms. The lowest BCUT2D eigenvalue weighted by Gasteiger charge is -1.97. The Morgan fingerprint density at radius 3 is 2.82 bits per heavy atom. The lowest BCUT2D eigenvalue weighted by Crippen LogP contribution is -1.99. The SMILES string of the molecule is C#CC1(c2cc(C)no2)CC1. The fourth-order valence-electron chi connectivity index (χ4n) is 1.18. The van der Waals surface area contributed by atoms with Gasteiger partial charge in [-0.2, -0.15) is 0 Å². The third kappa shape index (κ3) is 0.848. The summed E-state index contributed by atoms with van der Waals surface area (Å²) in [6.07, 6.45) is 7.45. The Morgan fingerprint density at radius 1 is 1.73 bits per heavy atom. The van der Waals surface area contributed by atoms with Crippen molar-refractivity contribution >= 4 is 0 Å². The van der Waals surface area contributed by atoms with Gasteiger partial charge in [0.15, 0.2) is 5.76 Å². The van der Waals surface area contributed by atoms with Gasteiger partial charge < -0.3 is 4.52 Å². The maximum Gasteiger partial charge on any atom is 0.155 e. The molecule has 1 heterocycles. The van der Waals surface area contributed by atoms with Crippen LogP contribution in [0.25, 0.3) is 0 Å². The molecule has 56 valence electrons. The van der Waals surface area contributed by atoms with E-state index >= 15 is 0 Å². The Bertz CT molecular complexity index is 315. The van der Waals surface area contributed by atoms with Crippen molar-refractivity contribution in [2.75, 3.05) is 0 Å². The molecular formula is C9H9NO. The first-order valence-corrected chi connectivity index (χ1v) is 3.68. The molecule has 1 aromatic heterocycles. The Hall–Kier alpha value is -1.23. The number of nitrogens with zero attached hydrogens (tertiary/aromatic N) is 1.